The summed E-state index contributed by atoms with van der Waals surface area (Å²) in [5.74, 6) is 0.765. The molecular formula is C13H15BrN4O. The molecule has 6 heteroatoms. The number of benzene rings is 1. The highest BCUT2D eigenvalue weighted by Crippen LogP contribution is 2.20. The Bertz CT molecular complexity index is 594. The number of amides is 1. The number of aromatic nitrogens is 3. The van der Waals surface area contributed by atoms with Gasteiger partial charge in [-0.05, 0) is 34.5 Å². The number of hydrogen-bond acceptors (Lipinski definition) is 3. The van der Waals surface area contributed by atoms with Crippen LogP contribution in [0.3, 0.4) is 0 Å². The molecule has 5 nitrogen and oxygen atoms in total. The van der Waals surface area contributed by atoms with Gasteiger partial charge < -0.3 is 9.88 Å². The number of aryl methyl sites for hydroxylation is 2. The summed E-state index contributed by atoms with van der Waals surface area (Å²) in [6.07, 6.45) is 2.31. The fraction of sp³-hybridized carbons (Fsp3) is 0.308. The minimum atomic E-state index is -0.0854. The molecule has 0 saturated carbocycles. The van der Waals surface area contributed by atoms with Gasteiger partial charge in [0.2, 0.25) is 0 Å². The van der Waals surface area contributed by atoms with E-state index in [2.05, 4.69) is 31.4 Å². The smallest absolute Gasteiger partial charge is 0.252 e. The summed E-state index contributed by atoms with van der Waals surface area (Å²) in [4.78, 5) is 12.0. The normalized spacial score (nSPS) is 10.5. The fourth-order valence-corrected chi connectivity index (χ4v) is 2.18. The summed E-state index contributed by atoms with van der Waals surface area (Å²) in [6, 6.07) is 5.63. The van der Waals surface area contributed by atoms with Crippen LogP contribution >= 0.6 is 15.9 Å². The van der Waals surface area contributed by atoms with Crippen molar-refractivity contribution in [2.75, 3.05) is 6.54 Å². The lowest BCUT2D eigenvalue weighted by atomic mass is 10.1. The van der Waals surface area contributed by atoms with Gasteiger partial charge in [0.1, 0.15) is 12.2 Å². The lowest BCUT2D eigenvalue weighted by Crippen LogP contribution is -2.26. The Labute approximate surface area is 120 Å². The van der Waals surface area contributed by atoms with Crippen molar-refractivity contribution in [3.63, 3.8) is 0 Å². The van der Waals surface area contributed by atoms with Crippen molar-refractivity contribution < 1.29 is 4.79 Å². The van der Waals surface area contributed by atoms with Crippen molar-refractivity contribution in [1.82, 2.24) is 20.1 Å². The molecule has 1 aromatic heterocycles. The zero-order valence-electron chi connectivity index (χ0n) is 10.9. The first-order chi connectivity index (χ1) is 9.09. The van der Waals surface area contributed by atoms with Gasteiger partial charge in [-0.1, -0.05) is 12.1 Å². The highest BCUT2D eigenvalue weighted by molar-refractivity contribution is 9.10. The molecule has 1 heterocycles. The Kier molecular flexibility index (Phi) is 4.31. The van der Waals surface area contributed by atoms with Gasteiger partial charge in [0.05, 0.1) is 5.56 Å². The Balaban J connectivity index is 1.95. The quantitative estimate of drug-likeness (QED) is 0.934. The Morgan fingerprint density at radius 2 is 2.26 bits per heavy atom. The van der Waals surface area contributed by atoms with Gasteiger partial charge in [-0.25, -0.2) is 0 Å². The van der Waals surface area contributed by atoms with Crippen LogP contribution in [-0.2, 0) is 13.5 Å². The molecule has 1 amide bonds. The summed E-state index contributed by atoms with van der Waals surface area (Å²) in [5.41, 5.74) is 1.69. The van der Waals surface area contributed by atoms with Crippen molar-refractivity contribution in [1.29, 1.82) is 0 Å². The third-order valence-electron chi connectivity index (χ3n) is 2.88. The van der Waals surface area contributed by atoms with Crippen LogP contribution in [0.15, 0.2) is 29.0 Å². The summed E-state index contributed by atoms with van der Waals surface area (Å²) >= 11 is 3.44. The zero-order valence-corrected chi connectivity index (χ0v) is 12.4. The largest absolute Gasteiger partial charge is 0.352 e. The third-order valence-corrected chi connectivity index (χ3v) is 3.93. The van der Waals surface area contributed by atoms with E-state index < -0.39 is 0 Å². The van der Waals surface area contributed by atoms with Gasteiger partial charge in [0, 0.05) is 24.5 Å². The van der Waals surface area contributed by atoms with Crippen LogP contribution in [0.5, 0.6) is 0 Å². The predicted octanol–water partition coefficient (Wildman–Crippen LogP) is 1.86. The number of rotatable bonds is 4. The fourth-order valence-electron chi connectivity index (χ4n) is 1.74. The van der Waals surface area contributed by atoms with Crippen LogP contribution in [0.2, 0.25) is 0 Å². The first kappa shape index (κ1) is 13.7. The molecule has 1 N–H and O–H groups in total. The summed E-state index contributed by atoms with van der Waals surface area (Å²) < 4.78 is 2.68. The second-order valence-corrected chi connectivity index (χ2v) is 5.09. The van der Waals surface area contributed by atoms with E-state index >= 15 is 0 Å². The van der Waals surface area contributed by atoms with Gasteiger partial charge in [-0.3, -0.25) is 4.79 Å². The number of nitrogens with one attached hydrogen (secondary N) is 1. The number of carbonyl (C=O) groups excluding carboxylic acids is 1. The lowest BCUT2D eigenvalue weighted by Gasteiger charge is -2.08. The molecule has 0 aliphatic heterocycles. The number of carbonyl (C=O) groups is 1. The third kappa shape index (κ3) is 3.20. The van der Waals surface area contributed by atoms with E-state index in [0.717, 1.165) is 15.9 Å². The SMILES string of the molecule is Cc1cccc(C(=O)NCCc2nncn2C)c1Br. The predicted molar refractivity (Wildman–Crippen MR) is 75.9 cm³/mol. The average Bonchev–Trinajstić information content (AvgIpc) is 2.78. The molecule has 2 aromatic rings. The highest BCUT2D eigenvalue weighted by Gasteiger charge is 2.11. The summed E-state index contributed by atoms with van der Waals surface area (Å²) in [7, 11) is 1.88. The number of nitrogens with zero attached hydrogens (tertiary/aromatic N) is 3. The molecule has 100 valence electrons. The van der Waals surface area contributed by atoms with Crippen molar-refractivity contribution in [2.45, 2.75) is 13.3 Å². The molecule has 2 rings (SSSR count). The van der Waals surface area contributed by atoms with Gasteiger partial charge in [0.15, 0.2) is 0 Å². The topological polar surface area (TPSA) is 59.8 Å². The van der Waals surface area contributed by atoms with Crippen LogP contribution in [0.4, 0.5) is 0 Å². The monoisotopic (exact) mass is 322 g/mol. The van der Waals surface area contributed by atoms with Gasteiger partial charge in [-0.2, -0.15) is 0 Å². The zero-order chi connectivity index (χ0) is 13.8. The minimum Gasteiger partial charge on any atom is -0.352 e. The van der Waals surface area contributed by atoms with E-state index in [1.807, 2.05) is 30.7 Å². The standard InChI is InChI=1S/C13H15BrN4O/c1-9-4-3-5-10(12(9)14)13(19)15-7-6-11-17-16-8-18(11)2/h3-5,8H,6-7H2,1-2H3,(H,15,19). The van der Waals surface area contributed by atoms with E-state index in [9.17, 15) is 4.79 Å². The maximum atomic E-state index is 12.0. The molecule has 1 aromatic carbocycles. The number of hydrogen-bond donors (Lipinski definition) is 1. The van der Waals surface area contributed by atoms with Crippen LogP contribution < -0.4 is 5.32 Å². The molecule has 19 heavy (non-hydrogen) atoms. The molecule has 0 bridgehead atoms. The van der Waals surface area contributed by atoms with Gasteiger partial charge in [-0.15, -0.1) is 10.2 Å². The number of halogens is 1. The van der Waals surface area contributed by atoms with E-state index in [0.29, 0.717) is 18.5 Å². The Hall–Kier alpha value is -1.69. The molecule has 0 spiro atoms. The van der Waals surface area contributed by atoms with Crippen molar-refractivity contribution in [3.8, 4) is 0 Å². The van der Waals surface area contributed by atoms with Gasteiger partial charge in [0.25, 0.3) is 5.91 Å². The lowest BCUT2D eigenvalue weighted by molar-refractivity contribution is 0.0953. The second kappa shape index (κ2) is 5.97. The maximum absolute atomic E-state index is 12.0. The molecule has 0 aliphatic carbocycles. The van der Waals surface area contributed by atoms with Crippen LogP contribution in [0, 0.1) is 6.92 Å². The molecule has 0 saturated heterocycles. The van der Waals surface area contributed by atoms with E-state index in [-0.39, 0.29) is 5.91 Å². The van der Waals surface area contributed by atoms with Crippen LogP contribution in [0.25, 0.3) is 0 Å². The van der Waals surface area contributed by atoms with E-state index in [1.54, 1.807) is 12.4 Å². The van der Waals surface area contributed by atoms with Crippen LogP contribution in [0.1, 0.15) is 21.7 Å². The first-order valence-electron chi connectivity index (χ1n) is 5.96. The Morgan fingerprint density at radius 1 is 1.47 bits per heavy atom. The van der Waals surface area contributed by atoms with Crippen molar-refractivity contribution in [2.24, 2.45) is 7.05 Å². The summed E-state index contributed by atoms with van der Waals surface area (Å²) in [5, 5.41) is 10.6. The molecular weight excluding hydrogens is 308 g/mol. The van der Waals surface area contributed by atoms with Gasteiger partial charge >= 0.3 is 0 Å². The molecule has 0 radical (unpaired) electrons. The second-order valence-electron chi connectivity index (χ2n) is 4.30. The van der Waals surface area contributed by atoms with E-state index in [4.69, 9.17) is 0 Å². The molecule has 0 atom stereocenters. The van der Waals surface area contributed by atoms with Crippen LogP contribution in [-0.4, -0.2) is 27.2 Å². The Morgan fingerprint density at radius 3 is 2.95 bits per heavy atom. The van der Waals surface area contributed by atoms with E-state index in [1.165, 1.54) is 0 Å². The summed E-state index contributed by atoms with van der Waals surface area (Å²) in [6.45, 7) is 2.49. The molecule has 0 unspecified atom stereocenters. The van der Waals surface area contributed by atoms with Crippen molar-refractivity contribution >= 4 is 21.8 Å². The van der Waals surface area contributed by atoms with Crippen molar-refractivity contribution in [3.05, 3.63) is 46.0 Å². The minimum absolute atomic E-state index is 0.0854. The molecule has 0 fully saturated rings. The maximum Gasteiger partial charge on any atom is 0.252 e. The highest BCUT2D eigenvalue weighted by atomic mass is 79.9. The average molecular weight is 323 g/mol. The molecule has 0 aliphatic rings. The first-order valence-corrected chi connectivity index (χ1v) is 6.75.